The second-order valence-electron chi connectivity index (χ2n) is 8.23. The van der Waals surface area contributed by atoms with Gasteiger partial charge in [-0.15, -0.1) is 0 Å². The van der Waals surface area contributed by atoms with Crippen LogP contribution in [0.25, 0.3) is 26.9 Å². The van der Waals surface area contributed by atoms with E-state index in [1.165, 1.54) is 19.3 Å². The van der Waals surface area contributed by atoms with Crippen LogP contribution in [0, 0.1) is 12.5 Å². The minimum Gasteiger partial charge on any atom is -0.356 e. The molecule has 3 aromatic rings. The quantitative estimate of drug-likeness (QED) is 0.601. The highest BCUT2D eigenvalue weighted by atomic mass is 16.5. The fraction of sp³-hybridized carbons (Fsp3) is 0.417. The number of nitrogens with zero attached hydrogens (tertiary/aromatic N) is 3. The number of benzene rings is 2. The Hall–Kier alpha value is -2.68. The smallest absolute Gasteiger partial charge is 0.187 e. The van der Waals surface area contributed by atoms with Crippen molar-refractivity contribution < 1.29 is 4.52 Å². The molecule has 0 radical (unpaired) electrons. The SMILES string of the molecule is [C-]#[N+]c1ccc(-c2ccc3c(CCC4CCNCC4)noc3c2CN(C)C)cc1. The topological polar surface area (TPSA) is 45.7 Å². The molecule has 5 nitrogen and oxygen atoms in total. The molecular weight excluding hydrogens is 360 g/mol. The van der Waals surface area contributed by atoms with E-state index < -0.39 is 0 Å². The van der Waals surface area contributed by atoms with Crippen molar-refractivity contribution in [2.24, 2.45) is 5.92 Å². The highest BCUT2D eigenvalue weighted by Gasteiger charge is 2.19. The molecule has 0 bridgehead atoms. The summed E-state index contributed by atoms with van der Waals surface area (Å²) >= 11 is 0. The Balaban J connectivity index is 1.67. The largest absolute Gasteiger partial charge is 0.356 e. The van der Waals surface area contributed by atoms with Crippen molar-refractivity contribution in [2.45, 2.75) is 32.2 Å². The summed E-state index contributed by atoms with van der Waals surface area (Å²) in [4.78, 5) is 5.65. The summed E-state index contributed by atoms with van der Waals surface area (Å²) in [7, 11) is 4.14. The molecule has 5 heteroatoms. The van der Waals surface area contributed by atoms with Crippen LogP contribution in [0.4, 0.5) is 5.69 Å². The molecular formula is C24H28N4O. The van der Waals surface area contributed by atoms with Crippen molar-refractivity contribution in [1.29, 1.82) is 0 Å². The molecule has 1 N–H and O–H groups in total. The summed E-state index contributed by atoms with van der Waals surface area (Å²) in [6.07, 6.45) is 4.66. The van der Waals surface area contributed by atoms with Crippen molar-refractivity contribution >= 4 is 16.7 Å². The first kappa shape index (κ1) is 19.6. The zero-order valence-corrected chi connectivity index (χ0v) is 17.2. The van der Waals surface area contributed by atoms with Gasteiger partial charge in [0.25, 0.3) is 0 Å². The number of piperidine rings is 1. The van der Waals surface area contributed by atoms with Crippen molar-refractivity contribution in [3.05, 3.63) is 59.1 Å². The van der Waals surface area contributed by atoms with Crippen LogP contribution in [0.2, 0.25) is 0 Å². The van der Waals surface area contributed by atoms with E-state index in [0.29, 0.717) is 5.69 Å². The summed E-state index contributed by atoms with van der Waals surface area (Å²) in [5.74, 6) is 0.782. The predicted octanol–water partition coefficient (Wildman–Crippen LogP) is 5.04. The summed E-state index contributed by atoms with van der Waals surface area (Å²) in [6.45, 7) is 10.2. The van der Waals surface area contributed by atoms with Gasteiger partial charge in [0, 0.05) is 17.5 Å². The standard InChI is InChI=1S/C24H28N4O/c1-25-19-7-5-18(6-8-19)20-9-10-21-23(11-4-17-12-14-26-15-13-17)27-29-24(21)22(20)16-28(2)3/h5-10,17,26H,4,11-16H2,2-3H3. The van der Waals surface area contributed by atoms with Gasteiger partial charge in [-0.2, -0.15) is 0 Å². The maximum Gasteiger partial charge on any atom is 0.187 e. The molecule has 150 valence electrons. The van der Waals surface area contributed by atoms with E-state index in [2.05, 4.69) is 46.4 Å². The van der Waals surface area contributed by atoms with Crippen molar-refractivity contribution in [1.82, 2.24) is 15.4 Å². The Morgan fingerprint density at radius 3 is 2.59 bits per heavy atom. The zero-order valence-electron chi connectivity index (χ0n) is 17.2. The number of aromatic nitrogens is 1. The highest BCUT2D eigenvalue weighted by Crippen LogP contribution is 2.34. The molecule has 0 amide bonds. The number of hydrogen-bond donors (Lipinski definition) is 1. The fourth-order valence-electron chi connectivity index (χ4n) is 4.26. The first-order valence-corrected chi connectivity index (χ1v) is 10.4. The Labute approximate surface area is 172 Å². The molecule has 1 fully saturated rings. The van der Waals surface area contributed by atoms with E-state index in [1.807, 2.05) is 24.3 Å². The van der Waals surface area contributed by atoms with Crippen LogP contribution in [0.3, 0.4) is 0 Å². The molecule has 0 unspecified atom stereocenters. The van der Waals surface area contributed by atoms with E-state index >= 15 is 0 Å². The van der Waals surface area contributed by atoms with E-state index in [9.17, 15) is 0 Å². The third-order valence-electron chi connectivity index (χ3n) is 5.85. The molecule has 1 saturated heterocycles. The van der Waals surface area contributed by atoms with Gasteiger partial charge in [-0.25, -0.2) is 4.85 Å². The molecule has 1 aliphatic rings. The number of aryl methyl sites for hydroxylation is 1. The molecule has 29 heavy (non-hydrogen) atoms. The lowest BCUT2D eigenvalue weighted by Crippen LogP contribution is -2.27. The van der Waals surface area contributed by atoms with E-state index in [-0.39, 0.29) is 0 Å². The van der Waals surface area contributed by atoms with E-state index in [0.717, 1.165) is 65.3 Å². The van der Waals surface area contributed by atoms with Crippen molar-refractivity contribution in [3.8, 4) is 11.1 Å². The normalized spacial score (nSPS) is 15.1. The first-order chi connectivity index (χ1) is 14.2. The van der Waals surface area contributed by atoms with Gasteiger partial charge in [0.15, 0.2) is 11.3 Å². The van der Waals surface area contributed by atoms with Crippen molar-refractivity contribution in [2.75, 3.05) is 27.2 Å². The summed E-state index contributed by atoms with van der Waals surface area (Å²) in [5.41, 5.74) is 6.03. The van der Waals surface area contributed by atoms with Crippen LogP contribution in [0.15, 0.2) is 40.9 Å². The van der Waals surface area contributed by atoms with Gasteiger partial charge in [0.2, 0.25) is 0 Å². The minimum atomic E-state index is 0.656. The molecule has 2 heterocycles. The lowest BCUT2D eigenvalue weighted by atomic mass is 9.91. The third kappa shape index (κ3) is 4.34. The Bertz CT molecular complexity index is 1010. The molecule has 0 saturated carbocycles. The Kier molecular flexibility index (Phi) is 5.94. The summed E-state index contributed by atoms with van der Waals surface area (Å²) in [6, 6.07) is 12.1. The zero-order chi connectivity index (χ0) is 20.2. The fourth-order valence-corrected chi connectivity index (χ4v) is 4.26. The van der Waals surface area contributed by atoms with Gasteiger partial charge in [-0.05, 0) is 76.0 Å². The summed E-state index contributed by atoms with van der Waals surface area (Å²) < 4.78 is 5.89. The number of fused-ring (bicyclic) bond motifs is 1. The van der Waals surface area contributed by atoms with Crippen LogP contribution in [0.1, 0.15) is 30.5 Å². The number of hydrogen-bond acceptors (Lipinski definition) is 4. The van der Waals surface area contributed by atoms with Crippen LogP contribution >= 0.6 is 0 Å². The van der Waals surface area contributed by atoms with Crippen LogP contribution in [0.5, 0.6) is 0 Å². The average molecular weight is 389 g/mol. The minimum absolute atomic E-state index is 0.656. The second-order valence-corrected chi connectivity index (χ2v) is 8.23. The molecule has 0 aliphatic carbocycles. The van der Waals surface area contributed by atoms with Crippen LogP contribution in [-0.4, -0.2) is 37.2 Å². The second kappa shape index (κ2) is 8.77. The Morgan fingerprint density at radius 1 is 1.14 bits per heavy atom. The first-order valence-electron chi connectivity index (χ1n) is 10.4. The predicted molar refractivity (Wildman–Crippen MR) is 117 cm³/mol. The molecule has 0 spiro atoms. The van der Waals surface area contributed by atoms with Crippen LogP contribution < -0.4 is 5.32 Å². The van der Waals surface area contributed by atoms with E-state index in [4.69, 9.17) is 11.1 Å². The third-order valence-corrected chi connectivity index (χ3v) is 5.85. The summed E-state index contributed by atoms with van der Waals surface area (Å²) in [5, 5.41) is 9.03. The maximum absolute atomic E-state index is 7.17. The van der Waals surface area contributed by atoms with E-state index in [1.54, 1.807) is 0 Å². The number of nitrogens with one attached hydrogen (secondary N) is 1. The Morgan fingerprint density at radius 2 is 1.90 bits per heavy atom. The lowest BCUT2D eigenvalue weighted by Gasteiger charge is -2.21. The molecule has 1 aromatic heterocycles. The van der Waals surface area contributed by atoms with Gasteiger partial charge in [-0.1, -0.05) is 35.5 Å². The van der Waals surface area contributed by atoms with Crippen molar-refractivity contribution in [3.63, 3.8) is 0 Å². The monoisotopic (exact) mass is 388 g/mol. The van der Waals surface area contributed by atoms with Gasteiger partial charge < -0.3 is 14.7 Å². The van der Waals surface area contributed by atoms with Gasteiger partial charge in [-0.3, -0.25) is 0 Å². The molecule has 4 rings (SSSR count). The number of rotatable bonds is 6. The highest BCUT2D eigenvalue weighted by molar-refractivity contribution is 5.89. The molecule has 2 aromatic carbocycles. The maximum atomic E-state index is 7.17. The lowest BCUT2D eigenvalue weighted by molar-refractivity contribution is 0.350. The molecule has 0 atom stereocenters. The van der Waals surface area contributed by atoms with Crippen LogP contribution in [-0.2, 0) is 13.0 Å². The van der Waals surface area contributed by atoms with Gasteiger partial charge in [0.1, 0.15) is 0 Å². The van der Waals surface area contributed by atoms with Gasteiger partial charge in [0.05, 0.1) is 12.3 Å². The van der Waals surface area contributed by atoms with Gasteiger partial charge >= 0.3 is 0 Å². The average Bonchev–Trinajstić information content (AvgIpc) is 3.16. The molecule has 1 aliphatic heterocycles.